The lowest BCUT2D eigenvalue weighted by molar-refractivity contribution is -0.385. The molecule has 0 spiro atoms. The van der Waals surface area contributed by atoms with Crippen LogP contribution in [-0.4, -0.2) is 52.6 Å². The monoisotopic (exact) mass is 531 g/mol. The number of benzene rings is 3. The summed E-state index contributed by atoms with van der Waals surface area (Å²) >= 11 is 0. The highest BCUT2D eigenvalue weighted by molar-refractivity contribution is 6.00. The van der Waals surface area contributed by atoms with E-state index in [0.29, 0.717) is 5.56 Å². The number of para-hydroxylation sites is 1. The Balaban J connectivity index is 1.27. The number of nitrogens with one attached hydrogen (secondary N) is 1. The molecule has 39 heavy (non-hydrogen) atoms. The average molecular weight is 531 g/mol. The molecule has 1 saturated heterocycles. The number of nitro groups is 1. The molecule has 12 heteroatoms. The number of hydrazine groups is 1. The fourth-order valence-electron chi connectivity index (χ4n) is 3.77. The quantitative estimate of drug-likeness (QED) is 0.144. The fraction of sp³-hybridized carbons (Fsp3) is 0.148. The number of Topliss-reactive ketones (excluding diaryl/α,β-unsaturated/α-hetero) is 1. The van der Waals surface area contributed by atoms with E-state index in [4.69, 9.17) is 9.47 Å². The maximum Gasteiger partial charge on any atom is 0.343 e. The Kier molecular flexibility index (Phi) is 8.05. The summed E-state index contributed by atoms with van der Waals surface area (Å²) in [6, 6.07) is 19.3. The maximum absolute atomic E-state index is 12.5. The van der Waals surface area contributed by atoms with E-state index in [-0.39, 0.29) is 29.8 Å². The van der Waals surface area contributed by atoms with Gasteiger partial charge in [-0.05, 0) is 42.5 Å². The van der Waals surface area contributed by atoms with Crippen molar-refractivity contribution in [2.75, 3.05) is 13.2 Å². The van der Waals surface area contributed by atoms with E-state index in [1.54, 1.807) is 30.3 Å². The molecular weight excluding hydrogens is 510 g/mol. The molecule has 0 saturated carbocycles. The van der Waals surface area contributed by atoms with Crippen molar-refractivity contribution in [2.24, 2.45) is 5.92 Å². The standard InChI is InChI=1S/C27H21N3O9/c31-23(17-10-12-20(13-11-17)39-27(35)18-6-2-1-3-7-18)16-38-26(34)19-14-24(32)29(15-19)28-25(33)21-8-4-5-9-22(21)30(36)37/h1-13,19H,14-16H2,(H,28,33)/t19-/m0/s1. The van der Waals surface area contributed by atoms with Crippen LogP contribution in [0.3, 0.4) is 0 Å². The van der Waals surface area contributed by atoms with E-state index >= 15 is 0 Å². The highest BCUT2D eigenvalue weighted by Crippen LogP contribution is 2.21. The van der Waals surface area contributed by atoms with Gasteiger partial charge in [0.2, 0.25) is 5.91 Å². The highest BCUT2D eigenvalue weighted by Gasteiger charge is 2.37. The molecule has 1 N–H and O–H groups in total. The molecule has 0 bridgehead atoms. The molecule has 2 amide bonds. The number of hydrogen-bond donors (Lipinski definition) is 1. The van der Waals surface area contributed by atoms with Crippen molar-refractivity contribution in [2.45, 2.75) is 6.42 Å². The SMILES string of the molecule is O=C(COC(=O)[C@H]1CC(=O)N(NC(=O)c2ccccc2[N+](=O)[O-])C1)c1ccc(OC(=O)c2ccccc2)cc1. The lowest BCUT2D eigenvalue weighted by atomic mass is 10.1. The zero-order chi connectivity index (χ0) is 27.9. The maximum atomic E-state index is 12.5. The first-order valence-electron chi connectivity index (χ1n) is 11.6. The second-order valence-corrected chi connectivity index (χ2v) is 8.43. The molecule has 1 aliphatic heterocycles. The molecule has 1 fully saturated rings. The second-order valence-electron chi connectivity index (χ2n) is 8.43. The topological polar surface area (TPSA) is 162 Å². The molecule has 3 aromatic rings. The van der Waals surface area contributed by atoms with Crippen LogP contribution in [0.1, 0.15) is 37.5 Å². The number of hydrogen-bond acceptors (Lipinski definition) is 9. The van der Waals surface area contributed by atoms with Crippen LogP contribution >= 0.6 is 0 Å². The van der Waals surface area contributed by atoms with Crippen molar-refractivity contribution in [3.05, 3.63) is 106 Å². The number of ether oxygens (including phenoxy) is 2. The zero-order valence-corrected chi connectivity index (χ0v) is 20.3. The molecule has 1 aliphatic rings. The lowest BCUT2D eigenvalue weighted by Crippen LogP contribution is -2.43. The van der Waals surface area contributed by atoms with Gasteiger partial charge in [-0.2, -0.15) is 0 Å². The molecular formula is C27H21N3O9. The van der Waals surface area contributed by atoms with Crippen molar-refractivity contribution in [1.29, 1.82) is 0 Å². The summed E-state index contributed by atoms with van der Waals surface area (Å²) in [5, 5.41) is 12.0. The molecule has 1 heterocycles. The Bertz CT molecular complexity index is 1440. The Labute approximate surface area is 221 Å². The van der Waals surface area contributed by atoms with Crippen LogP contribution in [0.2, 0.25) is 0 Å². The molecule has 12 nitrogen and oxygen atoms in total. The molecule has 0 unspecified atom stereocenters. The summed E-state index contributed by atoms with van der Waals surface area (Å²) in [6.45, 7) is -0.811. The number of amides is 2. The van der Waals surface area contributed by atoms with Gasteiger partial charge in [-0.1, -0.05) is 30.3 Å². The van der Waals surface area contributed by atoms with Gasteiger partial charge in [-0.3, -0.25) is 39.7 Å². The van der Waals surface area contributed by atoms with Gasteiger partial charge in [0, 0.05) is 18.1 Å². The molecule has 0 radical (unpaired) electrons. The van der Waals surface area contributed by atoms with E-state index in [9.17, 15) is 34.1 Å². The van der Waals surface area contributed by atoms with Gasteiger partial charge in [-0.25, -0.2) is 4.79 Å². The summed E-state index contributed by atoms with van der Waals surface area (Å²) in [5.41, 5.74) is 2.18. The van der Waals surface area contributed by atoms with Crippen LogP contribution in [0.5, 0.6) is 5.75 Å². The Hall–Kier alpha value is -5.39. The number of rotatable bonds is 9. The first-order valence-corrected chi connectivity index (χ1v) is 11.6. The Morgan fingerprint density at radius 1 is 0.923 bits per heavy atom. The van der Waals surface area contributed by atoms with Crippen molar-refractivity contribution in [3.8, 4) is 5.75 Å². The first-order chi connectivity index (χ1) is 18.7. The van der Waals surface area contributed by atoms with Crippen LogP contribution in [0.25, 0.3) is 0 Å². The minimum atomic E-state index is -0.948. The smallest absolute Gasteiger partial charge is 0.343 e. The van der Waals surface area contributed by atoms with Crippen molar-refractivity contribution < 1.29 is 38.4 Å². The van der Waals surface area contributed by atoms with E-state index in [1.807, 2.05) is 0 Å². The minimum Gasteiger partial charge on any atom is -0.457 e. The number of carbonyl (C=O) groups excluding carboxylic acids is 5. The summed E-state index contributed by atoms with van der Waals surface area (Å²) < 4.78 is 10.3. The number of nitrogens with zero attached hydrogens (tertiary/aromatic N) is 2. The fourth-order valence-corrected chi connectivity index (χ4v) is 3.77. The van der Waals surface area contributed by atoms with Crippen molar-refractivity contribution in [3.63, 3.8) is 0 Å². The van der Waals surface area contributed by atoms with Crippen molar-refractivity contribution in [1.82, 2.24) is 10.4 Å². The molecule has 0 aliphatic carbocycles. The summed E-state index contributed by atoms with van der Waals surface area (Å²) in [7, 11) is 0. The normalized spacial score (nSPS) is 14.4. The zero-order valence-electron chi connectivity index (χ0n) is 20.3. The largest absolute Gasteiger partial charge is 0.457 e. The molecule has 4 rings (SSSR count). The van der Waals surface area contributed by atoms with Crippen LogP contribution in [0.15, 0.2) is 78.9 Å². The van der Waals surface area contributed by atoms with Crippen LogP contribution in [0, 0.1) is 16.0 Å². The van der Waals surface area contributed by atoms with Gasteiger partial charge in [0.05, 0.1) is 22.9 Å². The summed E-state index contributed by atoms with van der Waals surface area (Å²) in [6.07, 6.45) is -0.272. The van der Waals surface area contributed by atoms with Gasteiger partial charge in [0.1, 0.15) is 11.3 Å². The van der Waals surface area contributed by atoms with Gasteiger partial charge in [0.25, 0.3) is 11.6 Å². The predicted molar refractivity (Wildman–Crippen MR) is 134 cm³/mol. The average Bonchev–Trinajstić information content (AvgIpc) is 3.32. The number of carbonyl (C=O) groups is 5. The molecule has 198 valence electrons. The molecule has 0 aromatic heterocycles. The third-order valence-electron chi connectivity index (χ3n) is 5.78. The van der Waals surface area contributed by atoms with E-state index in [2.05, 4.69) is 5.43 Å². The Morgan fingerprint density at radius 3 is 2.28 bits per heavy atom. The van der Waals surface area contributed by atoms with E-state index < -0.39 is 52.7 Å². The first kappa shape index (κ1) is 26.7. The summed E-state index contributed by atoms with van der Waals surface area (Å²) in [5.74, 6) is -4.07. The van der Waals surface area contributed by atoms with E-state index in [1.165, 1.54) is 42.5 Å². The molecule has 3 aromatic carbocycles. The number of ketones is 1. The van der Waals surface area contributed by atoms with E-state index in [0.717, 1.165) is 11.1 Å². The number of nitro benzene ring substituents is 1. The van der Waals surface area contributed by atoms with Gasteiger partial charge in [-0.15, -0.1) is 0 Å². The minimum absolute atomic E-state index is 0.211. The van der Waals surface area contributed by atoms with Gasteiger partial charge in [0.15, 0.2) is 12.4 Å². The van der Waals surface area contributed by atoms with Crippen LogP contribution < -0.4 is 10.2 Å². The molecule has 1 atom stereocenters. The third kappa shape index (κ3) is 6.49. The second kappa shape index (κ2) is 11.8. The van der Waals surface area contributed by atoms with Crippen molar-refractivity contribution >= 4 is 35.2 Å². The van der Waals surface area contributed by atoms with Crippen LogP contribution in [-0.2, 0) is 14.3 Å². The number of esters is 2. The lowest BCUT2D eigenvalue weighted by Gasteiger charge is -2.17. The van der Waals surface area contributed by atoms with Crippen LogP contribution in [0.4, 0.5) is 5.69 Å². The third-order valence-corrected chi connectivity index (χ3v) is 5.78. The highest BCUT2D eigenvalue weighted by atomic mass is 16.6. The Morgan fingerprint density at radius 2 is 1.59 bits per heavy atom. The van der Waals surface area contributed by atoms with Gasteiger partial charge < -0.3 is 9.47 Å². The van der Waals surface area contributed by atoms with Gasteiger partial charge >= 0.3 is 11.9 Å². The summed E-state index contributed by atoms with van der Waals surface area (Å²) in [4.78, 5) is 72.3. The predicted octanol–water partition coefficient (Wildman–Crippen LogP) is 2.73.